The lowest BCUT2D eigenvalue weighted by atomic mass is 10.1. The normalized spacial score (nSPS) is 16.0. The first-order valence-corrected chi connectivity index (χ1v) is 6.94. The Balaban J connectivity index is 1.91. The van der Waals surface area contributed by atoms with Gasteiger partial charge in [-0.3, -0.25) is 4.72 Å². The zero-order valence-electron chi connectivity index (χ0n) is 9.93. The van der Waals surface area contributed by atoms with Crippen LogP contribution in [-0.2, 0) is 0 Å². The van der Waals surface area contributed by atoms with Gasteiger partial charge in [0.05, 0.1) is 11.6 Å². The molecule has 0 aliphatic carbocycles. The second-order valence-corrected chi connectivity index (χ2v) is 4.93. The quantitative estimate of drug-likeness (QED) is 0.856. The molecule has 1 saturated heterocycles. The van der Waals surface area contributed by atoms with Crippen LogP contribution in [0.5, 0.6) is 0 Å². The first-order chi connectivity index (χ1) is 8.78. The van der Waals surface area contributed by atoms with Crippen molar-refractivity contribution in [2.75, 3.05) is 24.2 Å². The molecule has 6 heteroatoms. The average molecular weight is 264 g/mol. The number of aromatic nitrogens is 2. The predicted octanol–water partition coefficient (Wildman–Crippen LogP) is 1.83. The largest absolute Gasteiger partial charge is 0.353 e. The SMILES string of the molecule is CSNC1CN(c2ncnc3ccc(F)cc23)C1. The minimum atomic E-state index is -0.252. The fourth-order valence-electron chi connectivity index (χ4n) is 2.16. The number of hydrogen-bond donors (Lipinski definition) is 1. The molecule has 3 rings (SSSR count). The van der Waals surface area contributed by atoms with Crippen LogP contribution in [-0.4, -0.2) is 35.4 Å². The molecule has 94 valence electrons. The van der Waals surface area contributed by atoms with Crippen LogP contribution in [0.1, 0.15) is 0 Å². The smallest absolute Gasteiger partial charge is 0.140 e. The standard InChI is InChI=1S/C12H13FN4S/c1-18-16-9-5-17(6-9)12-10-4-8(13)2-3-11(10)14-7-15-12/h2-4,7,9,16H,5-6H2,1H3. The van der Waals surface area contributed by atoms with E-state index in [9.17, 15) is 4.39 Å². The first kappa shape index (κ1) is 11.7. The molecule has 0 radical (unpaired) electrons. The van der Waals surface area contributed by atoms with Gasteiger partial charge in [-0.15, -0.1) is 0 Å². The average Bonchev–Trinajstić information content (AvgIpc) is 2.33. The highest BCUT2D eigenvalue weighted by molar-refractivity contribution is 7.96. The summed E-state index contributed by atoms with van der Waals surface area (Å²) in [6, 6.07) is 5.08. The Bertz CT molecular complexity index is 571. The zero-order chi connectivity index (χ0) is 12.5. The van der Waals surface area contributed by atoms with E-state index in [1.54, 1.807) is 18.0 Å². The Labute approximate surface area is 109 Å². The van der Waals surface area contributed by atoms with E-state index in [2.05, 4.69) is 19.6 Å². The molecule has 0 spiro atoms. The van der Waals surface area contributed by atoms with Crippen LogP contribution in [0.25, 0.3) is 10.9 Å². The third-order valence-corrected chi connectivity index (χ3v) is 3.61. The summed E-state index contributed by atoms with van der Waals surface area (Å²) in [6.07, 6.45) is 3.54. The van der Waals surface area contributed by atoms with E-state index in [1.807, 2.05) is 6.26 Å². The lowest BCUT2D eigenvalue weighted by Crippen LogP contribution is -2.56. The van der Waals surface area contributed by atoms with Crippen molar-refractivity contribution in [1.82, 2.24) is 14.7 Å². The molecule has 1 aromatic heterocycles. The monoisotopic (exact) mass is 264 g/mol. The highest BCUT2D eigenvalue weighted by Gasteiger charge is 2.28. The molecule has 18 heavy (non-hydrogen) atoms. The summed E-state index contributed by atoms with van der Waals surface area (Å²) in [5, 5.41) is 0.778. The number of benzene rings is 1. The molecule has 1 aliphatic heterocycles. The van der Waals surface area contributed by atoms with E-state index in [0.717, 1.165) is 29.8 Å². The number of hydrogen-bond acceptors (Lipinski definition) is 5. The topological polar surface area (TPSA) is 41.0 Å². The van der Waals surface area contributed by atoms with Gasteiger partial charge in [-0.25, -0.2) is 14.4 Å². The van der Waals surface area contributed by atoms with E-state index in [0.29, 0.717) is 6.04 Å². The van der Waals surface area contributed by atoms with Crippen LogP contribution >= 0.6 is 11.9 Å². The van der Waals surface area contributed by atoms with Gasteiger partial charge in [-0.05, 0) is 24.5 Å². The van der Waals surface area contributed by atoms with Gasteiger partial charge in [-0.1, -0.05) is 11.9 Å². The van der Waals surface area contributed by atoms with Gasteiger partial charge < -0.3 is 4.90 Å². The van der Waals surface area contributed by atoms with Crippen LogP contribution < -0.4 is 9.62 Å². The van der Waals surface area contributed by atoms with Crippen molar-refractivity contribution in [1.29, 1.82) is 0 Å². The van der Waals surface area contributed by atoms with Crippen molar-refractivity contribution in [2.24, 2.45) is 0 Å². The summed E-state index contributed by atoms with van der Waals surface area (Å²) < 4.78 is 16.6. The number of halogens is 1. The first-order valence-electron chi connectivity index (χ1n) is 5.71. The van der Waals surface area contributed by atoms with Crippen LogP contribution in [0.2, 0.25) is 0 Å². The molecule has 2 heterocycles. The molecule has 4 nitrogen and oxygen atoms in total. The van der Waals surface area contributed by atoms with Crippen LogP contribution in [0.3, 0.4) is 0 Å². The van der Waals surface area contributed by atoms with Crippen molar-refractivity contribution in [2.45, 2.75) is 6.04 Å². The lowest BCUT2D eigenvalue weighted by molar-refractivity contribution is 0.490. The molecule has 1 fully saturated rings. The Kier molecular flexibility index (Phi) is 3.05. The van der Waals surface area contributed by atoms with Gasteiger partial charge in [0.15, 0.2) is 0 Å². The van der Waals surface area contributed by atoms with Crippen molar-refractivity contribution >= 4 is 28.7 Å². The molecule has 0 saturated carbocycles. The Morgan fingerprint density at radius 3 is 3.00 bits per heavy atom. The molecular weight excluding hydrogens is 251 g/mol. The van der Waals surface area contributed by atoms with E-state index >= 15 is 0 Å². The second-order valence-electron chi connectivity index (χ2n) is 4.28. The molecule has 1 N–H and O–H groups in total. The Morgan fingerprint density at radius 1 is 1.39 bits per heavy atom. The molecular formula is C12H13FN4S. The number of anilines is 1. The van der Waals surface area contributed by atoms with Crippen molar-refractivity contribution < 1.29 is 4.39 Å². The van der Waals surface area contributed by atoms with E-state index < -0.39 is 0 Å². The number of rotatable bonds is 3. The summed E-state index contributed by atoms with van der Waals surface area (Å²) in [5.41, 5.74) is 0.780. The molecule has 0 atom stereocenters. The third kappa shape index (κ3) is 2.02. The maximum Gasteiger partial charge on any atom is 0.140 e. The van der Waals surface area contributed by atoms with Crippen molar-refractivity contribution in [3.05, 3.63) is 30.3 Å². The van der Waals surface area contributed by atoms with Gasteiger partial charge in [0.2, 0.25) is 0 Å². The third-order valence-electron chi connectivity index (χ3n) is 3.04. The summed E-state index contributed by atoms with van der Waals surface area (Å²) in [6.45, 7) is 1.78. The minimum absolute atomic E-state index is 0.252. The Morgan fingerprint density at radius 2 is 2.22 bits per heavy atom. The molecule has 0 bridgehead atoms. The fraction of sp³-hybridized carbons (Fsp3) is 0.333. The van der Waals surface area contributed by atoms with Crippen LogP contribution in [0.4, 0.5) is 10.2 Å². The fourth-order valence-corrected chi connectivity index (χ4v) is 2.64. The van der Waals surface area contributed by atoms with Crippen molar-refractivity contribution in [3.63, 3.8) is 0 Å². The minimum Gasteiger partial charge on any atom is -0.353 e. The van der Waals surface area contributed by atoms with Crippen LogP contribution in [0, 0.1) is 5.82 Å². The summed E-state index contributed by atoms with van der Waals surface area (Å²) >= 11 is 1.62. The maximum atomic E-state index is 13.3. The van der Waals surface area contributed by atoms with Crippen molar-refractivity contribution in [3.8, 4) is 0 Å². The second kappa shape index (κ2) is 4.70. The molecule has 1 aliphatic rings. The van der Waals surface area contributed by atoms with E-state index in [1.165, 1.54) is 18.5 Å². The van der Waals surface area contributed by atoms with Gasteiger partial charge in [-0.2, -0.15) is 0 Å². The maximum absolute atomic E-state index is 13.3. The van der Waals surface area contributed by atoms with Gasteiger partial charge in [0.1, 0.15) is 18.0 Å². The summed E-state index contributed by atoms with van der Waals surface area (Å²) in [7, 11) is 0. The van der Waals surface area contributed by atoms with Gasteiger partial charge in [0.25, 0.3) is 0 Å². The number of nitrogens with one attached hydrogen (secondary N) is 1. The molecule has 2 aromatic rings. The molecule has 0 amide bonds. The van der Waals surface area contributed by atoms with Gasteiger partial charge in [0, 0.05) is 18.5 Å². The molecule has 1 aromatic carbocycles. The highest BCUT2D eigenvalue weighted by atomic mass is 32.2. The van der Waals surface area contributed by atoms with E-state index in [4.69, 9.17) is 0 Å². The van der Waals surface area contributed by atoms with E-state index in [-0.39, 0.29) is 5.82 Å². The van der Waals surface area contributed by atoms with Crippen LogP contribution in [0.15, 0.2) is 24.5 Å². The number of fused-ring (bicyclic) bond motifs is 1. The lowest BCUT2D eigenvalue weighted by Gasteiger charge is -2.40. The molecule has 0 unspecified atom stereocenters. The predicted molar refractivity (Wildman–Crippen MR) is 72.1 cm³/mol. The highest BCUT2D eigenvalue weighted by Crippen LogP contribution is 2.27. The zero-order valence-corrected chi connectivity index (χ0v) is 10.7. The van der Waals surface area contributed by atoms with Gasteiger partial charge >= 0.3 is 0 Å². The summed E-state index contributed by atoms with van der Waals surface area (Å²) in [5.74, 6) is 0.566. The number of nitrogens with zero attached hydrogens (tertiary/aromatic N) is 3. The Hall–Kier alpha value is -1.40. The summed E-state index contributed by atoms with van der Waals surface area (Å²) in [4.78, 5) is 10.6.